The number of azide groups is 1. The highest BCUT2D eigenvalue weighted by Gasteiger charge is 2.56. The Hall–Kier alpha value is -4.95. The SMILES string of the molecule is [N-]=[N+]=N[C@H]1[C@@H]2OC[C@@H](O2)[C@@H](O[C@@H]2O[C@H](COCc3ccccc3)[C@@H](OCc3ccccc3)[C@H](OCc3ccccc3)[C@@H]2OCc2ccccc2)[C@@H]1OCc1ccccc1. The maximum absolute atomic E-state index is 9.69. The summed E-state index contributed by atoms with van der Waals surface area (Å²) in [6, 6.07) is 48.8. The fourth-order valence-corrected chi connectivity index (χ4v) is 7.67. The number of hydrogen-bond donors (Lipinski definition) is 0. The molecule has 5 aromatic carbocycles. The Labute approximate surface area is 344 Å². The molecular formula is C47H49N3O9. The van der Waals surface area contributed by atoms with E-state index in [-0.39, 0.29) is 33.0 Å². The predicted octanol–water partition coefficient (Wildman–Crippen LogP) is 8.09. The molecule has 3 aliphatic heterocycles. The van der Waals surface area contributed by atoms with E-state index in [1.807, 2.05) is 152 Å². The second-order valence-corrected chi connectivity index (χ2v) is 14.8. The standard InChI is InChI=1S/C47H49N3O9/c48-50-49-40-43(53-28-35-20-10-3-11-21-35)42(39-32-56-46(40)57-39)59-47-45(55-30-37-24-14-5-15-25-37)44(54-29-36-22-12-4-13-23-36)41(52-27-34-18-8-2-9-19-34)38(58-47)31-51-26-33-16-6-1-7-17-33/h1-25,38-47H,26-32H2/t38-,39-,40-,41-,42-,43-,44+,45+,46-,47+/m1/s1. The molecule has 0 unspecified atom stereocenters. The highest BCUT2D eigenvalue weighted by molar-refractivity contribution is 5.17. The maximum atomic E-state index is 9.69. The van der Waals surface area contributed by atoms with Gasteiger partial charge in [0.15, 0.2) is 12.6 Å². The molecule has 306 valence electrons. The van der Waals surface area contributed by atoms with E-state index in [2.05, 4.69) is 10.0 Å². The van der Waals surface area contributed by atoms with E-state index in [4.69, 9.17) is 42.6 Å². The lowest BCUT2D eigenvalue weighted by molar-refractivity contribution is -0.352. The minimum absolute atomic E-state index is 0.163. The van der Waals surface area contributed by atoms with E-state index in [1.165, 1.54) is 0 Å². The number of fused-ring (bicyclic) bond motifs is 2. The lowest BCUT2D eigenvalue weighted by atomic mass is 9.96. The van der Waals surface area contributed by atoms with Gasteiger partial charge in [-0.2, -0.15) is 0 Å². The molecule has 0 amide bonds. The molecule has 0 N–H and O–H groups in total. The zero-order chi connectivity index (χ0) is 40.1. The normalized spacial score (nSPS) is 27.5. The zero-order valence-electron chi connectivity index (χ0n) is 32.7. The van der Waals surface area contributed by atoms with Crippen LogP contribution in [0, 0.1) is 0 Å². The summed E-state index contributed by atoms with van der Waals surface area (Å²) in [6.45, 7) is 1.80. The van der Waals surface area contributed by atoms with Gasteiger partial charge in [-0.1, -0.05) is 157 Å². The van der Waals surface area contributed by atoms with Crippen molar-refractivity contribution in [3.63, 3.8) is 0 Å². The number of nitrogens with zero attached hydrogens (tertiary/aromatic N) is 3. The second kappa shape index (κ2) is 20.8. The number of rotatable bonds is 19. The van der Waals surface area contributed by atoms with Crippen molar-refractivity contribution in [1.29, 1.82) is 0 Å². The van der Waals surface area contributed by atoms with Crippen molar-refractivity contribution in [2.75, 3.05) is 13.2 Å². The third-order valence-corrected chi connectivity index (χ3v) is 10.6. The molecule has 3 aliphatic rings. The van der Waals surface area contributed by atoms with Gasteiger partial charge in [0.2, 0.25) is 0 Å². The first-order valence-electron chi connectivity index (χ1n) is 20.1. The van der Waals surface area contributed by atoms with Crippen LogP contribution in [-0.2, 0) is 75.7 Å². The third kappa shape index (κ3) is 10.8. The van der Waals surface area contributed by atoms with Crippen molar-refractivity contribution in [3.05, 3.63) is 190 Å². The van der Waals surface area contributed by atoms with Crippen molar-refractivity contribution in [3.8, 4) is 0 Å². The van der Waals surface area contributed by atoms with Crippen LogP contribution >= 0.6 is 0 Å². The van der Waals surface area contributed by atoms with Gasteiger partial charge in [-0.3, -0.25) is 0 Å². The molecular weight excluding hydrogens is 751 g/mol. The van der Waals surface area contributed by atoms with Crippen LogP contribution in [0.3, 0.4) is 0 Å². The van der Waals surface area contributed by atoms with Crippen molar-refractivity contribution in [2.45, 2.75) is 94.4 Å². The molecule has 0 spiro atoms. The topological polar surface area (TPSA) is 132 Å². The largest absolute Gasteiger partial charge is 0.374 e. The molecule has 12 nitrogen and oxygen atoms in total. The first-order valence-corrected chi connectivity index (χ1v) is 20.1. The Morgan fingerprint density at radius 1 is 0.508 bits per heavy atom. The van der Waals surface area contributed by atoms with E-state index in [0.717, 1.165) is 27.8 Å². The Bertz CT molecular complexity index is 2030. The minimum atomic E-state index is -1.04. The summed E-state index contributed by atoms with van der Waals surface area (Å²) in [4.78, 5) is 3.15. The molecule has 0 radical (unpaired) electrons. The van der Waals surface area contributed by atoms with Gasteiger partial charge in [0.05, 0.1) is 46.2 Å². The summed E-state index contributed by atoms with van der Waals surface area (Å²) in [5.74, 6) is 0. The lowest BCUT2D eigenvalue weighted by Gasteiger charge is -2.48. The van der Waals surface area contributed by atoms with Gasteiger partial charge in [0.25, 0.3) is 0 Å². The van der Waals surface area contributed by atoms with Gasteiger partial charge in [-0.15, -0.1) is 0 Å². The van der Waals surface area contributed by atoms with Gasteiger partial charge < -0.3 is 42.6 Å². The Kier molecular flexibility index (Phi) is 14.4. The monoisotopic (exact) mass is 799 g/mol. The van der Waals surface area contributed by atoms with E-state index in [0.29, 0.717) is 13.2 Å². The molecule has 3 fully saturated rings. The average Bonchev–Trinajstić information content (AvgIpc) is 3.73. The summed E-state index contributed by atoms with van der Waals surface area (Å²) < 4.78 is 59.9. The van der Waals surface area contributed by atoms with Crippen molar-refractivity contribution < 1.29 is 42.6 Å². The predicted molar refractivity (Wildman–Crippen MR) is 217 cm³/mol. The maximum Gasteiger partial charge on any atom is 0.187 e. The lowest BCUT2D eigenvalue weighted by Crippen LogP contribution is -2.64. The quantitative estimate of drug-likeness (QED) is 0.0462. The van der Waals surface area contributed by atoms with Crippen LogP contribution in [-0.4, -0.2) is 74.6 Å². The fraction of sp³-hybridized carbons (Fsp3) is 0.362. The first-order chi connectivity index (χ1) is 29.2. The van der Waals surface area contributed by atoms with Gasteiger partial charge >= 0.3 is 0 Å². The Balaban J connectivity index is 1.14. The smallest absolute Gasteiger partial charge is 0.187 e. The molecule has 3 saturated heterocycles. The van der Waals surface area contributed by atoms with Crippen LogP contribution in [0.5, 0.6) is 0 Å². The molecule has 8 rings (SSSR count). The second-order valence-electron chi connectivity index (χ2n) is 14.8. The van der Waals surface area contributed by atoms with E-state index in [9.17, 15) is 5.53 Å². The van der Waals surface area contributed by atoms with Gasteiger partial charge in [0, 0.05) is 4.91 Å². The highest BCUT2D eigenvalue weighted by atomic mass is 16.8. The number of hydrogen-bond acceptors (Lipinski definition) is 10. The van der Waals surface area contributed by atoms with Crippen LogP contribution in [0.1, 0.15) is 27.8 Å². The van der Waals surface area contributed by atoms with Crippen molar-refractivity contribution >= 4 is 0 Å². The number of ether oxygens (including phenoxy) is 9. The van der Waals surface area contributed by atoms with E-state index < -0.39 is 61.3 Å². The van der Waals surface area contributed by atoms with Gasteiger partial charge in [-0.25, -0.2) is 0 Å². The Morgan fingerprint density at radius 3 is 1.44 bits per heavy atom. The van der Waals surface area contributed by atoms with Crippen molar-refractivity contribution in [2.24, 2.45) is 5.11 Å². The van der Waals surface area contributed by atoms with Crippen LogP contribution in [0.15, 0.2) is 157 Å². The molecule has 5 aromatic rings. The summed E-state index contributed by atoms with van der Waals surface area (Å²) in [6.07, 6.45) is -6.77. The molecule has 0 saturated carbocycles. The first kappa shape index (κ1) is 40.8. The summed E-state index contributed by atoms with van der Waals surface area (Å²) in [7, 11) is 0. The molecule has 0 aromatic heterocycles. The summed E-state index contributed by atoms with van der Waals surface area (Å²) >= 11 is 0. The fourth-order valence-electron chi connectivity index (χ4n) is 7.67. The van der Waals surface area contributed by atoms with Gasteiger partial charge in [-0.05, 0) is 33.3 Å². The van der Waals surface area contributed by atoms with Crippen molar-refractivity contribution in [1.82, 2.24) is 0 Å². The average molecular weight is 800 g/mol. The summed E-state index contributed by atoms with van der Waals surface area (Å²) in [5.41, 5.74) is 14.6. The van der Waals surface area contributed by atoms with E-state index in [1.54, 1.807) is 0 Å². The van der Waals surface area contributed by atoms with Crippen LogP contribution in [0.25, 0.3) is 10.4 Å². The van der Waals surface area contributed by atoms with Gasteiger partial charge in [0.1, 0.15) is 48.8 Å². The van der Waals surface area contributed by atoms with Crippen LogP contribution < -0.4 is 0 Å². The number of benzene rings is 5. The third-order valence-electron chi connectivity index (χ3n) is 10.6. The summed E-state index contributed by atoms with van der Waals surface area (Å²) in [5, 5.41) is 4.11. The molecule has 3 heterocycles. The molecule has 12 heteroatoms. The van der Waals surface area contributed by atoms with Crippen LogP contribution in [0.4, 0.5) is 0 Å². The van der Waals surface area contributed by atoms with Crippen LogP contribution in [0.2, 0.25) is 0 Å². The molecule has 2 bridgehead atoms. The zero-order valence-corrected chi connectivity index (χ0v) is 32.7. The molecule has 0 aliphatic carbocycles. The highest BCUT2D eigenvalue weighted by Crippen LogP contribution is 2.38. The molecule has 59 heavy (non-hydrogen) atoms. The minimum Gasteiger partial charge on any atom is -0.374 e. The molecule has 10 atom stereocenters. The Morgan fingerprint density at radius 2 is 0.949 bits per heavy atom. The van der Waals surface area contributed by atoms with E-state index >= 15 is 0 Å².